The zero-order chi connectivity index (χ0) is 27.2. The summed E-state index contributed by atoms with van der Waals surface area (Å²) in [5.74, 6) is -0.192. The molecule has 196 valence electrons. The van der Waals surface area contributed by atoms with Gasteiger partial charge in [-0.3, -0.25) is 4.79 Å². The van der Waals surface area contributed by atoms with Crippen molar-refractivity contribution in [2.75, 3.05) is 35.0 Å². The molecule has 0 radical (unpaired) electrons. The van der Waals surface area contributed by atoms with E-state index in [2.05, 4.69) is 18.2 Å². The molecule has 10 heteroatoms. The third-order valence-electron chi connectivity index (χ3n) is 5.74. The van der Waals surface area contributed by atoms with Gasteiger partial charge in [0.2, 0.25) is 5.75 Å². The number of methoxy groups -OCH3 is 4. The van der Waals surface area contributed by atoms with E-state index in [0.29, 0.717) is 17.1 Å². The molecule has 4 rings (SSSR count). The number of ketones is 1. The van der Waals surface area contributed by atoms with E-state index in [-0.39, 0.29) is 58.2 Å². The first-order chi connectivity index (χ1) is 18.4. The summed E-state index contributed by atoms with van der Waals surface area (Å²) in [6, 6.07) is 16.8. The average Bonchev–Trinajstić information content (AvgIpc) is 3.37. The van der Waals surface area contributed by atoms with E-state index in [4.69, 9.17) is 23.7 Å². The molecule has 0 saturated carbocycles. The number of carbonyl (C=O) groups is 2. The molecule has 0 aliphatic carbocycles. The number of fused-ring (bicyclic) bond motifs is 1. The maximum atomic E-state index is 13.1. The van der Waals surface area contributed by atoms with E-state index in [9.17, 15) is 14.7 Å². The van der Waals surface area contributed by atoms with Gasteiger partial charge in [-0.15, -0.1) is 11.3 Å². The second-order valence-corrected chi connectivity index (χ2v) is 9.09. The maximum absolute atomic E-state index is 13.1. The Morgan fingerprint density at radius 1 is 0.846 bits per heavy atom. The van der Waals surface area contributed by atoms with Crippen molar-refractivity contribution in [2.24, 2.45) is 0 Å². The Kier molecular flexibility index (Phi) is 10.4. The molecule has 1 heterocycles. The average molecular weight is 557 g/mol. The van der Waals surface area contributed by atoms with E-state index in [1.165, 1.54) is 32.4 Å². The third kappa shape index (κ3) is 6.75. The van der Waals surface area contributed by atoms with E-state index < -0.39 is 12.6 Å². The van der Waals surface area contributed by atoms with Gasteiger partial charge in [-0.25, -0.2) is 0 Å². The summed E-state index contributed by atoms with van der Waals surface area (Å²) in [7, 11) is 5.91. The van der Waals surface area contributed by atoms with Crippen molar-refractivity contribution in [1.82, 2.24) is 0 Å². The molecule has 3 aromatic carbocycles. The minimum absolute atomic E-state index is 0. The Bertz CT molecular complexity index is 1470. The minimum Gasteiger partial charge on any atom is -0.546 e. The second-order valence-electron chi connectivity index (χ2n) is 8.01. The quantitative estimate of drug-likeness (QED) is 0.156. The van der Waals surface area contributed by atoms with Gasteiger partial charge >= 0.3 is 29.6 Å². The predicted octanol–water partition coefficient (Wildman–Crippen LogP) is 1.63. The minimum atomic E-state index is -1.40. The number of carboxylic acids is 1. The molecule has 0 aliphatic rings. The molecule has 39 heavy (non-hydrogen) atoms. The Balaban J connectivity index is 0.00000420. The van der Waals surface area contributed by atoms with Gasteiger partial charge in [0.1, 0.15) is 18.1 Å². The fraction of sp³-hybridized carbons (Fsp3) is 0.172. The summed E-state index contributed by atoms with van der Waals surface area (Å²) in [5.41, 5.74) is 1.81. The number of carbonyl (C=O) groups excluding carboxylic acids is 2. The molecule has 0 amide bonds. The summed E-state index contributed by atoms with van der Waals surface area (Å²) in [6.07, 6.45) is 3.08. The van der Waals surface area contributed by atoms with Crippen molar-refractivity contribution in [2.45, 2.75) is 0 Å². The van der Waals surface area contributed by atoms with Gasteiger partial charge in [-0.1, -0.05) is 18.2 Å². The van der Waals surface area contributed by atoms with Crippen LogP contribution in [0.2, 0.25) is 0 Å². The molecule has 4 aromatic rings. The number of rotatable bonds is 11. The summed E-state index contributed by atoms with van der Waals surface area (Å²) in [4.78, 5) is 25.0. The van der Waals surface area contributed by atoms with Crippen LogP contribution in [-0.2, 0) is 4.79 Å². The molecular weight excluding hydrogens is 531 g/mol. The van der Waals surface area contributed by atoms with Crippen LogP contribution in [0.5, 0.6) is 28.7 Å². The number of benzene rings is 3. The Morgan fingerprint density at radius 3 is 2.08 bits per heavy atom. The Labute approximate surface area is 252 Å². The number of hydrogen-bond donors (Lipinski definition) is 0. The molecule has 0 bridgehead atoms. The Hall–Kier alpha value is -3.50. The van der Waals surface area contributed by atoms with Gasteiger partial charge in [-0.05, 0) is 47.9 Å². The van der Waals surface area contributed by atoms with Crippen LogP contribution in [0.3, 0.4) is 0 Å². The molecule has 0 spiro atoms. The second kappa shape index (κ2) is 13.5. The van der Waals surface area contributed by atoms with Crippen LogP contribution in [-0.4, -0.2) is 46.8 Å². The molecule has 0 aliphatic heterocycles. The molecule has 8 nitrogen and oxygen atoms in total. The fourth-order valence-electron chi connectivity index (χ4n) is 3.92. The van der Waals surface area contributed by atoms with Crippen molar-refractivity contribution < 1.29 is 67.9 Å². The maximum Gasteiger partial charge on any atom is 1.00 e. The molecular formula is C29H25NaO8S. The first-order valence-corrected chi connectivity index (χ1v) is 12.3. The topological polar surface area (TPSA) is 103 Å². The van der Waals surface area contributed by atoms with Crippen LogP contribution in [0.15, 0.2) is 60.7 Å². The summed E-state index contributed by atoms with van der Waals surface area (Å²) in [5, 5.41) is 12.0. The van der Waals surface area contributed by atoms with Crippen molar-refractivity contribution in [3.05, 3.63) is 71.8 Å². The standard InChI is InChI=1S/C29H26O8S.Na/c1-33-22-15-23(34-2)20(27-14-18-7-5-6-8-26(18)38-27)11-17(22)9-10-21(30)19-12-24(35-3)29(25(13-19)36-4)37-16-28(31)32;/h5-15H,16H2,1-4H3,(H,31,32);/q;+1/p-1. The summed E-state index contributed by atoms with van der Waals surface area (Å²) in [6.45, 7) is -0.695. The van der Waals surface area contributed by atoms with Gasteiger partial charge < -0.3 is 33.6 Å². The van der Waals surface area contributed by atoms with Crippen LogP contribution in [0.1, 0.15) is 15.9 Å². The number of ether oxygens (including phenoxy) is 5. The number of thiophene rings is 1. The van der Waals surface area contributed by atoms with Crippen LogP contribution >= 0.6 is 11.3 Å². The van der Waals surface area contributed by atoms with E-state index >= 15 is 0 Å². The van der Waals surface area contributed by atoms with Crippen molar-refractivity contribution >= 4 is 39.3 Å². The van der Waals surface area contributed by atoms with Gasteiger partial charge in [0.25, 0.3) is 0 Å². The van der Waals surface area contributed by atoms with Crippen molar-refractivity contribution in [3.8, 4) is 39.2 Å². The zero-order valence-corrected chi connectivity index (χ0v) is 25.0. The predicted molar refractivity (Wildman–Crippen MR) is 144 cm³/mol. The summed E-state index contributed by atoms with van der Waals surface area (Å²) < 4.78 is 28.2. The van der Waals surface area contributed by atoms with E-state index in [1.54, 1.807) is 37.7 Å². The number of hydrogen-bond acceptors (Lipinski definition) is 9. The molecule has 0 saturated heterocycles. The number of carboxylic acid groups (broad SMARTS) is 1. The molecule has 0 atom stereocenters. The molecule has 0 N–H and O–H groups in total. The largest absolute Gasteiger partial charge is 1.00 e. The van der Waals surface area contributed by atoms with Crippen LogP contribution < -0.4 is 58.3 Å². The number of aliphatic carboxylic acids is 1. The van der Waals surface area contributed by atoms with Gasteiger partial charge in [-0.2, -0.15) is 0 Å². The van der Waals surface area contributed by atoms with E-state index in [0.717, 1.165) is 20.5 Å². The first kappa shape index (κ1) is 30.0. The van der Waals surface area contributed by atoms with E-state index in [1.807, 2.05) is 18.2 Å². The SMILES string of the molecule is COc1cc(OC)c(-c2cc3ccccc3s2)cc1C=CC(=O)c1cc(OC)c(OCC(=O)[O-])c(OC)c1.[Na+]. The molecule has 0 unspecified atom stereocenters. The van der Waals surface area contributed by atoms with Crippen LogP contribution in [0.4, 0.5) is 0 Å². The zero-order valence-electron chi connectivity index (χ0n) is 22.2. The normalized spacial score (nSPS) is 10.7. The summed E-state index contributed by atoms with van der Waals surface area (Å²) >= 11 is 1.65. The van der Waals surface area contributed by atoms with Crippen molar-refractivity contribution in [3.63, 3.8) is 0 Å². The van der Waals surface area contributed by atoms with Crippen LogP contribution in [0, 0.1) is 0 Å². The monoisotopic (exact) mass is 556 g/mol. The first-order valence-electron chi connectivity index (χ1n) is 11.4. The van der Waals surface area contributed by atoms with Crippen LogP contribution in [0.25, 0.3) is 26.6 Å². The number of allylic oxidation sites excluding steroid dienone is 1. The third-order valence-corrected chi connectivity index (χ3v) is 6.89. The van der Waals surface area contributed by atoms with Crippen molar-refractivity contribution in [1.29, 1.82) is 0 Å². The molecule has 0 fully saturated rings. The fourth-order valence-corrected chi connectivity index (χ4v) is 5.00. The molecule has 1 aromatic heterocycles. The Morgan fingerprint density at radius 2 is 1.49 bits per heavy atom. The van der Waals surface area contributed by atoms with Gasteiger partial charge in [0.15, 0.2) is 17.3 Å². The van der Waals surface area contributed by atoms with Gasteiger partial charge in [0.05, 0.1) is 34.4 Å². The smallest absolute Gasteiger partial charge is 0.546 e. The van der Waals surface area contributed by atoms with Gasteiger partial charge in [0, 0.05) is 32.3 Å².